The van der Waals surface area contributed by atoms with Crippen LogP contribution in [0, 0.1) is 20.8 Å². The van der Waals surface area contributed by atoms with Gasteiger partial charge in [-0.05, 0) is 45.7 Å². The largest absolute Gasteiger partial charge is 0.303 e. The van der Waals surface area contributed by atoms with Gasteiger partial charge in [-0.15, -0.1) is 11.3 Å². The Morgan fingerprint density at radius 1 is 1.05 bits per heavy atom. The molecule has 0 aliphatic heterocycles. The van der Waals surface area contributed by atoms with Crippen LogP contribution in [0.4, 0.5) is 0 Å². The van der Waals surface area contributed by atoms with Gasteiger partial charge in [0.05, 0.1) is 10.7 Å². The molecule has 3 heteroatoms. The Morgan fingerprint density at radius 2 is 1.74 bits per heavy atom. The lowest BCUT2D eigenvalue weighted by Gasteiger charge is -2.21. The molecule has 2 rings (SSSR count). The van der Waals surface area contributed by atoms with Gasteiger partial charge in [0.1, 0.15) is 0 Å². The summed E-state index contributed by atoms with van der Waals surface area (Å²) in [5, 5.41) is 4.82. The summed E-state index contributed by atoms with van der Waals surface area (Å²) in [6.07, 6.45) is 0. The predicted molar refractivity (Wildman–Crippen MR) is 82.7 cm³/mol. The van der Waals surface area contributed by atoms with Gasteiger partial charge < -0.3 is 5.32 Å². The monoisotopic (exact) mass is 274 g/mol. The van der Waals surface area contributed by atoms with Gasteiger partial charge in [-0.3, -0.25) is 0 Å². The summed E-state index contributed by atoms with van der Waals surface area (Å²) < 4.78 is 0. The molecule has 0 saturated heterocycles. The first-order chi connectivity index (χ1) is 8.99. The lowest BCUT2D eigenvalue weighted by atomic mass is 10.0. The van der Waals surface area contributed by atoms with Crippen LogP contribution in [0.3, 0.4) is 0 Å². The van der Waals surface area contributed by atoms with Crippen molar-refractivity contribution in [2.75, 3.05) is 0 Å². The summed E-state index contributed by atoms with van der Waals surface area (Å²) in [5.74, 6) is 0. The molecule has 0 fully saturated rings. The van der Waals surface area contributed by atoms with Crippen LogP contribution in [-0.2, 0) is 0 Å². The van der Waals surface area contributed by atoms with Crippen LogP contribution in [0.25, 0.3) is 0 Å². The molecule has 102 valence electrons. The van der Waals surface area contributed by atoms with Crippen LogP contribution in [0.15, 0.2) is 24.3 Å². The zero-order chi connectivity index (χ0) is 14.0. The van der Waals surface area contributed by atoms with Crippen LogP contribution in [-0.4, -0.2) is 4.98 Å². The molecule has 0 aliphatic rings. The number of rotatable bonds is 4. The molecule has 0 bridgehead atoms. The van der Waals surface area contributed by atoms with E-state index in [0.717, 1.165) is 10.7 Å². The van der Waals surface area contributed by atoms with Crippen molar-refractivity contribution in [3.05, 3.63) is 51.0 Å². The molecule has 1 heterocycles. The third-order valence-corrected chi connectivity index (χ3v) is 4.74. The number of hydrogen-bond donors (Lipinski definition) is 1. The number of hydrogen-bond acceptors (Lipinski definition) is 3. The van der Waals surface area contributed by atoms with E-state index in [-0.39, 0.29) is 0 Å². The molecule has 0 radical (unpaired) electrons. The Labute approximate surface area is 119 Å². The Kier molecular flexibility index (Phi) is 4.38. The minimum Gasteiger partial charge on any atom is -0.303 e. The third kappa shape index (κ3) is 3.23. The minimum absolute atomic E-state index is 0.334. The molecule has 0 aliphatic carbocycles. The molecular formula is C16H22N2S. The number of aryl methyl sites for hydroxylation is 3. The average Bonchev–Trinajstić information content (AvgIpc) is 2.69. The average molecular weight is 274 g/mol. The maximum atomic E-state index is 4.51. The smallest absolute Gasteiger partial charge is 0.0900 e. The van der Waals surface area contributed by atoms with Crippen molar-refractivity contribution in [2.45, 2.75) is 46.7 Å². The maximum Gasteiger partial charge on any atom is 0.0900 e. The van der Waals surface area contributed by atoms with Crippen LogP contribution < -0.4 is 5.32 Å². The molecule has 1 aromatic heterocycles. The highest BCUT2D eigenvalue weighted by Crippen LogP contribution is 2.27. The van der Waals surface area contributed by atoms with Crippen molar-refractivity contribution in [1.29, 1.82) is 0 Å². The van der Waals surface area contributed by atoms with Gasteiger partial charge >= 0.3 is 0 Å². The summed E-state index contributed by atoms with van der Waals surface area (Å²) in [4.78, 5) is 5.85. The Hall–Kier alpha value is -1.19. The quantitative estimate of drug-likeness (QED) is 0.889. The van der Waals surface area contributed by atoms with Crippen LogP contribution in [0.2, 0.25) is 0 Å². The Morgan fingerprint density at radius 3 is 2.32 bits per heavy atom. The van der Waals surface area contributed by atoms with E-state index in [2.05, 4.69) is 69.2 Å². The summed E-state index contributed by atoms with van der Waals surface area (Å²) in [6.45, 7) is 10.8. The minimum atomic E-state index is 0.334. The second-order valence-electron chi connectivity index (χ2n) is 5.15. The molecule has 2 aromatic rings. The summed E-state index contributed by atoms with van der Waals surface area (Å²) >= 11 is 1.79. The van der Waals surface area contributed by atoms with Crippen LogP contribution in [0.1, 0.15) is 52.6 Å². The molecule has 0 saturated carbocycles. The lowest BCUT2D eigenvalue weighted by molar-refractivity contribution is 0.496. The standard InChI is InChI=1S/C16H22N2S/c1-10-8-6-7-9-15(10)11(2)17-12(3)16-13(4)18-14(5)19-16/h6-9,11-12,17H,1-5H3. The molecule has 2 atom stereocenters. The van der Waals surface area contributed by atoms with E-state index in [9.17, 15) is 0 Å². The van der Waals surface area contributed by atoms with Gasteiger partial charge in [-0.1, -0.05) is 24.3 Å². The van der Waals surface area contributed by atoms with Crippen molar-refractivity contribution >= 4 is 11.3 Å². The van der Waals surface area contributed by atoms with E-state index in [1.165, 1.54) is 16.0 Å². The fourth-order valence-corrected chi connectivity index (χ4v) is 3.50. The fraction of sp³-hybridized carbons (Fsp3) is 0.438. The van der Waals surface area contributed by atoms with Gasteiger partial charge in [0.2, 0.25) is 0 Å². The molecule has 2 unspecified atom stereocenters. The van der Waals surface area contributed by atoms with E-state index in [0.29, 0.717) is 12.1 Å². The van der Waals surface area contributed by atoms with Crippen molar-refractivity contribution in [1.82, 2.24) is 10.3 Å². The van der Waals surface area contributed by atoms with Gasteiger partial charge in [0, 0.05) is 17.0 Å². The molecule has 0 spiro atoms. The van der Waals surface area contributed by atoms with Gasteiger partial charge in [0.25, 0.3) is 0 Å². The number of benzene rings is 1. The molecule has 0 amide bonds. The second kappa shape index (κ2) is 5.85. The van der Waals surface area contributed by atoms with Crippen molar-refractivity contribution in [3.63, 3.8) is 0 Å². The van der Waals surface area contributed by atoms with Crippen LogP contribution in [0.5, 0.6) is 0 Å². The second-order valence-corrected chi connectivity index (χ2v) is 6.38. The molecular weight excluding hydrogens is 252 g/mol. The van der Waals surface area contributed by atoms with Crippen molar-refractivity contribution in [2.24, 2.45) is 0 Å². The molecule has 19 heavy (non-hydrogen) atoms. The number of aromatic nitrogens is 1. The first kappa shape index (κ1) is 14.2. The summed E-state index contributed by atoms with van der Waals surface area (Å²) in [5.41, 5.74) is 3.86. The third-order valence-electron chi connectivity index (χ3n) is 3.49. The highest BCUT2D eigenvalue weighted by Gasteiger charge is 2.16. The van der Waals surface area contributed by atoms with E-state index >= 15 is 0 Å². The van der Waals surface area contributed by atoms with Crippen LogP contribution >= 0.6 is 11.3 Å². The number of nitrogens with zero attached hydrogens (tertiary/aromatic N) is 1. The first-order valence-electron chi connectivity index (χ1n) is 6.74. The Balaban J connectivity index is 2.13. The van der Waals surface area contributed by atoms with Gasteiger partial charge in [0.15, 0.2) is 0 Å². The van der Waals surface area contributed by atoms with Crippen molar-refractivity contribution < 1.29 is 0 Å². The molecule has 1 aromatic carbocycles. The fourth-order valence-electron chi connectivity index (χ4n) is 2.56. The van der Waals surface area contributed by atoms with Crippen molar-refractivity contribution in [3.8, 4) is 0 Å². The number of nitrogens with one attached hydrogen (secondary N) is 1. The predicted octanol–water partition coefficient (Wildman–Crippen LogP) is 4.48. The highest BCUT2D eigenvalue weighted by molar-refractivity contribution is 7.11. The van der Waals surface area contributed by atoms with Gasteiger partial charge in [-0.2, -0.15) is 0 Å². The maximum absolute atomic E-state index is 4.51. The summed E-state index contributed by atoms with van der Waals surface area (Å²) in [6, 6.07) is 9.24. The zero-order valence-corrected chi connectivity index (χ0v) is 13.1. The first-order valence-corrected chi connectivity index (χ1v) is 7.56. The summed E-state index contributed by atoms with van der Waals surface area (Å²) in [7, 11) is 0. The Bertz CT molecular complexity index is 560. The van der Waals surface area contributed by atoms with E-state index in [1.54, 1.807) is 11.3 Å². The highest BCUT2D eigenvalue weighted by atomic mass is 32.1. The topological polar surface area (TPSA) is 24.9 Å². The molecule has 1 N–H and O–H groups in total. The van der Waals surface area contributed by atoms with E-state index in [1.807, 2.05) is 0 Å². The number of thiazole rings is 1. The van der Waals surface area contributed by atoms with Gasteiger partial charge in [-0.25, -0.2) is 4.98 Å². The normalized spacial score (nSPS) is 14.4. The molecule has 2 nitrogen and oxygen atoms in total. The van der Waals surface area contributed by atoms with E-state index < -0.39 is 0 Å². The van der Waals surface area contributed by atoms with E-state index in [4.69, 9.17) is 0 Å². The lowest BCUT2D eigenvalue weighted by Crippen LogP contribution is -2.22. The zero-order valence-electron chi connectivity index (χ0n) is 12.3. The SMILES string of the molecule is Cc1nc(C)c(C(C)NC(C)c2ccccc2C)s1.